The van der Waals surface area contributed by atoms with Gasteiger partial charge in [-0.25, -0.2) is 4.57 Å². The molecule has 17 N–H and O–H groups in total. The number of phosphoric acid groups is 1. The number of rotatable bonds is 27. The third kappa shape index (κ3) is 13.8. The average Bonchev–Trinajstić information content (AvgIpc) is 1.55. The van der Waals surface area contributed by atoms with Gasteiger partial charge in [0.2, 0.25) is 47.6 Å². The summed E-state index contributed by atoms with van der Waals surface area (Å²) in [5, 5.41) is 27.6. The molecule has 87 heavy (non-hydrogen) atoms. The first-order valence-corrected chi connectivity index (χ1v) is 30.9. The fourth-order valence-electron chi connectivity index (χ4n) is 14.6. The number of hydrogen-bond acceptors (Lipinski definition) is 18. The fourth-order valence-corrected chi connectivity index (χ4v) is 15.7. The summed E-state index contributed by atoms with van der Waals surface area (Å²) < 4.78 is 35.7. The molecule has 6 heterocycles. The van der Waals surface area contributed by atoms with Gasteiger partial charge >= 0.3 is 7.82 Å². The second-order valence-electron chi connectivity index (χ2n) is 25.9. The second kappa shape index (κ2) is 25.8. The lowest BCUT2D eigenvalue weighted by atomic mass is 9.55. The first-order chi connectivity index (χ1) is 40.4. The summed E-state index contributed by atoms with van der Waals surface area (Å²) in [5.41, 5.74) is 35.1. The Labute approximate surface area is 506 Å². The molecule has 26 nitrogen and oxygen atoms in total. The molecule has 2 fully saturated rings. The highest BCUT2D eigenvalue weighted by atomic mass is 31.2. The molecule has 7 rings (SSSR count). The third-order valence-corrected chi connectivity index (χ3v) is 20.5. The Morgan fingerprint density at radius 1 is 0.782 bits per heavy atom. The van der Waals surface area contributed by atoms with E-state index in [4.69, 9.17) is 67.9 Å². The standard InChI is InChI=1S/C60H88N11O15P/c1-29-11-13-33(14-12-29)83-55-50(80)51(39(28-72)84-55)86-87(81,82)85-30(2)27-67-47(79)21-22-57(7)37(23-44(64)76)54-60(10)59(9,26-46(66)78)36(17-20-43(63)75)49(71-60)32(4)53-58(8,25-45(65)77)34(15-18-41(61)73)38(68-53)24-40-56(5,6)35(16-19-42(62)74)48(69-40)31(3)52(57)70-54/h11-14,24,30,34-37,39,50-51,54-55,68,72,80H,15-23,25-28H2,1-10H3,(H2,61,73)(H2,62,74)(H2,63,75)(H2,64,76)(H2,65,77)(H2,66,78)(H,67,79)(H,81,82)/b38-24-,48-31-,53-32-/t30?,34-,35-,36-,37+,39-,50-,51-,54?,55+,57-,58+,59+,60-/m1/s1. The monoisotopic (exact) mass is 1230 g/mol. The molecule has 0 saturated carbocycles. The number of aryl methyl sites for hydroxylation is 1. The summed E-state index contributed by atoms with van der Waals surface area (Å²) in [6.45, 7) is 17.2. The highest BCUT2D eigenvalue weighted by molar-refractivity contribution is 7.47. The molecular weight excluding hydrogens is 1150 g/mol. The van der Waals surface area contributed by atoms with Crippen LogP contribution in [0.25, 0.3) is 0 Å². The molecular formula is C60H88N11O15P. The first kappa shape index (κ1) is 67.8. The Kier molecular flexibility index (Phi) is 20.1. The number of phosphoric ester groups is 1. The van der Waals surface area contributed by atoms with Crippen molar-refractivity contribution in [2.75, 3.05) is 13.2 Å². The molecule has 6 aliphatic heterocycles. The van der Waals surface area contributed by atoms with Crippen LogP contribution < -0.4 is 49.8 Å². The van der Waals surface area contributed by atoms with Crippen LogP contribution in [-0.2, 0) is 51.9 Å². The largest absolute Gasteiger partial charge is 0.472 e. The zero-order valence-corrected chi connectivity index (χ0v) is 52.2. The van der Waals surface area contributed by atoms with E-state index < -0.39 is 143 Å². The highest BCUT2D eigenvalue weighted by Gasteiger charge is 2.66. The molecule has 27 heteroatoms. The van der Waals surface area contributed by atoms with Crippen LogP contribution in [-0.4, -0.2) is 129 Å². The van der Waals surface area contributed by atoms with Gasteiger partial charge in [0.05, 0.1) is 24.3 Å². The van der Waals surface area contributed by atoms with Crippen LogP contribution in [0.5, 0.6) is 5.75 Å². The maximum Gasteiger partial charge on any atom is 0.472 e. The predicted octanol–water partition coefficient (Wildman–Crippen LogP) is 2.71. The van der Waals surface area contributed by atoms with Gasteiger partial charge in [0.1, 0.15) is 24.1 Å². The Morgan fingerprint density at radius 2 is 1.37 bits per heavy atom. The Balaban J connectivity index is 1.33. The van der Waals surface area contributed by atoms with Crippen molar-refractivity contribution < 1.29 is 71.8 Å². The van der Waals surface area contributed by atoms with Gasteiger partial charge < -0.3 is 69.6 Å². The lowest BCUT2D eigenvalue weighted by Crippen LogP contribution is -2.56. The maximum atomic E-state index is 14.3. The summed E-state index contributed by atoms with van der Waals surface area (Å²) >= 11 is 0. The van der Waals surface area contributed by atoms with Crippen molar-refractivity contribution >= 4 is 66.3 Å². The summed E-state index contributed by atoms with van der Waals surface area (Å²) in [4.78, 5) is 121. The molecule has 3 unspecified atom stereocenters. The molecule has 0 aliphatic carbocycles. The van der Waals surface area contributed by atoms with E-state index in [9.17, 15) is 53.2 Å². The SMILES string of the molecule is C/C1=C2N=C(/C=C3\N/C(=C(/C)C4=N[C@](C)(C5N=C1[C@](C)(CCC(=O)NCC(C)OP(=O)(O)O[C@H]1[C@@H](O)[C@@H](Oc6ccc(C)cc6)O[C@@H]1CO)[C@H]5CC(N)=O)[C@@](C)(CC(N)=O)[C@@H]4CCC(N)=O)[C@@](C)(CC(N)=O)[C@@H]3CCC(N)=O)C(C)(C)[C@@H]/2CCC(N)=O. The van der Waals surface area contributed by atoms with Crippen LogP contribution in [0.1, 0.15) is 139 Å². The van der Waals surface area contributed by atoms with Crippen LogP contribution in [0, 0.1) is 52.3 Å². The van der Waals surface area contributed by atoms with E-state index in [0.717, 1.165) is 5.56 Å². The van der Waals surface area contributed by atoms with E-state index in [0.29, 0.717) is 51.1 Å². The molecule has 2 saturated heterocycles. The van der Waals surface area contributed by atoms with E-state index in [1.165, 1.54) is 6.92 Å². The number of aliphatic hydroxyl groups is 2. The normalized spacial score (nSPS) is 34.8. The maximum absolute atomic E-state index is 14.3. The topological polar surface area (TPSA) is 451 Å². The van der Waals surface area contributed by atoms with E-state index in [2.05, 4.69) is 10.6 Å². The number of allylic oxidation sites excluding steroid dienone is 6. The number of nitrogens with one attached hydrogen (secondary N) is 2. The van der Waals surface area contributed by atoms with Crippen molar-refractivity contribution in [2.24, 2.45) is 94.7 Å². The molecule has 15 atom stereocenters. The molecule has 6 aliphatic rings. The molecule has 7 amide bonds. The number of hydrogen-bond donors (Lipinski definition) is 11. The Hall–Kier alpha value is -6.67. The number of aliphatic hydroxyl groups excluding tert-OH is 2. The van der Waals surface area contributed by atoms with Crippen LogP contribution in [0.2, 0.25) is 0 Å². The highest BCUT2D eigenvalue weighted by Crippen LogP contribution is 2.62. The van der Waals surface area contributed by atoms with Gasteiger partial charge in [0.15, 0.2) is 0 Å². The van der Waals surface area contributed by atoms with Gasteiger partial charge in [-0.2, -0.15) is 0 Å². The number of nitrogens with zero attached hydrogens (tertiary/aromatic N) is 3. The number of primary amides is 6. The third-order valence-electron chi connectivity index (χ3n) is 19.4. The average molecular weight is 1230 g/mol. The zero-order valence-electron chi connectivity index (χ0n) is 51.3. The summed E-state index contributed by atoms with van der Waals surface area (Å²) in [6, 6.07) is 5.78. The number of carbonyl (C=O) groups excluding carboxylic acids is 7. The molecule has 0 radical (unpaired) electrons. The van der Waals surface area contributed by atoms with Crippen LogP contribution in [0.3, 0.4) is 0 Å². The van der Waals surface area contributed by atoms with Gasteiger partial charge in [-0.3, -0.25) is 57.6 Å². The molecule has 0 aromatic heterocycles. The number of amides is 7. The minimum Gasteiger partial charge on any atom is -0.462 e. The van der Waals surface area contributed by atoms with E-state index in [-0.39, 0.29) is 77.2 Å². The van der Waals surface area contributed by atoms with Crippen molar-refractivity contribution in [1.82, 2.24) is 10.6 Å². The number of aliphatic imine (C=N–C) groups is 3. The lowest BCUT2D eigenvalue weighted by Gasteiger charge is -2.48. The predicted molar refractivity (Wildman–Crippen MR) is 321 cm³/mol. The molecule has 478 valence electrons. The Morgan fingerprint density at radius 3 is 1.93 bits per heavy atom. The van der Waals surface area contributed by atoms with Crippen LogP contribution in [0.4, 0.5) is 0 Å². The van der Waals surface area contributed by atoms with Gasteiger partial charge in [0.25, 0.3) is 0 Å². The van der Waals surface area contributed by atoms with Crippen molar-refractivity contribution in [3.63, 3.8) is 0 Å². The minimum absolute atomic E-state index is 0.0121. The number of carbonyl (C=O) groups is 7. The first-order valence-electron chi connectivity index (χ1n) is 29.4. The van der Waals surface area contributed by atoms with Crippen molar-refractivity contribution in [3.05, 3.63) is 64.1 Å². The van der Waals surface area contributed by atoms with E-state index >= 15 is 0 Å². The van der Waals surface area contributed by atoms with Gasteiger partial charge in [-0.1, -0.05) is 52.3 Å². The van der Waals surface area contributed by atoms with Gasteiger partial charge in [0, 0.05) is 131 Å². The number of fused-ring (bicyclic) bond motifs is 6. The van der Waals surface area contributed by atoms with Crippen molar-refractivity contribution in [2.45, 2.75) is 182 Å². The number of benzene rings is 1. The van der Waals surface area contributed by atoms with E-state index in [1.54, 1.807) is 24.3 Å². The Bertz CT molecular complexity index is 3180. The summed E-state index contributed by atoms with van der Waals surface area (Å²) in [5.74, 6) is -6.86. The van der Waals surface area contributed by atoms with Crippen LogP contribution in [0.15, 0.2) is 73.6 Å². The molecule has 8 bridgehead atoms. The van der Waals surface area contributed by atoms with Gasteiger partial charge in [-0.05, 0) is 89.7 Å². The summed E-state index contributed by atoms with van der Waals surface area (Å²) in [6.07, 6.45) is -6.05. The fraction of sp³-hybridized carbons (Fsp3) is 0.633. The van der Waals surface area contributed by atoms with Crippen molar-refractivity contribution in [3.8, 4) is 5.75 Å². The van der Waals surface area contributed by atoms with Gasteiger partial charge in [-0.15, -0.1) is 0 Å². The van der Waals surface area contributed by atoms with Crippen molar-refractivity contribution in [1.29, 1.82) is 0 Å². The molecule has 0 spiro atoms. The smallest absolute Gasteiger partial charge is 0.462 e. The number of nitrogens with two attached hydrogens (primary N) is 6. The number of ether oxygens (including phenoxy) is 2. The quantitative estimate of drug-likeness (QED) is 0.0564. The zero-order chi connectivity index (χ0) is 64.7. The molecule has 1 aromatic carbocycles. The minimum atomic E-state index is -5.05. The second-order valence-corrected chi connectivity index (χ2v) is 27.3. The van der Waals surface area contributed by atoms with E-state index in [1.807, 2.05) is 68.4 Å². The molecule has 1 aromatic rings. The van der Waals surface area contributed by atoms with Crippen LogP contribution >= 0.6 is 7.82 Å². The lowest BCUT2D eigenvalue weighted by molar-refractivity contribution is -0.124. The summed E-state index contributed by atoms with van der Waals surface area (Å²) in [7, 11) is -5.05.